The summed E-state index contributed by atoms with van der Waals surface area (Å²) in [5.74, 6) is 0.751. The number of phenols is 1. The zero-order valence-electron chi connectivity index (χ0n) is 9.89. The summed E-state index contributed by atoms with van der Waals surface area (Å²) < 4.78 is 23.6. The number of nitrogens with one attached hydrogen (secondary N) is 1. The number of hydrogen-bond donors (Lipinski definition) is 2. The minimum atomic E-state index is -2.86. The fourth-order valence-electron chi connectivity index (χ4n) is 2.11. The predicted molar refractivity (Wildman–Crippen MR) is 74.3 cm³/mol. The SMILES string of the molecule is O=S1(=O)CCCC(NCc2ccc(O)c(Br)c2)C1. The Hall–Kier alpha value is -0.590. The summed E-state index contributed by atoms with van der Waals surface area (Å²) in [6, 6.07) is 5.32. The molecule has 18 heavy (non-hydrogen) atoms. The number of sulfone groups is 1. The predicted octanol–water partition coefficient (Wildman–Crippen LogP) is 1.82. The maximum atomic E-state index is 11.5. The summed E-state index contributed by atoms with van der Waals surface area (Å²) >= 11 is 3.26. The average molecular weight is 334 g/mol. The van der Waals surface area contributed by atoms with Crippen LogP contribution in [0.2, 0.25) is 0 Å². The Balaban J connectivity index is 1.93. The second-order valence-corrected chi connectivity index (χ2v) is 7.70. The van der Waals surface area contributed by atoms with Gasteiger partial charge in [0.05, 0.1) is 16.0 Å². The lowest BCUT2D eigenvalue weighted by Crippen LogP contribution is -2.39. The van der Waals surface area contributed by atoms with E-state index in [4.69, 9.17) is 0 Å². The fourth-order valence-corrected chi connectivity index (χ4v) is 4.20. The van der Waals surface area contributed by atoms with Crippen LogP contribution in [0.25, 0.3) is 0 Å². The van der Waals surface area contributed by atoms with Crippen LogP contribution in [0, 0.1) is 0 Å². The molecule has 4 nitrogen and oxygen atoms in total. The van der Waals surface area contributed by atoms with Gasteiger partial charge in [-0.15, -0.1) is 0 Å². The molecule has 0 saturated carbocycles. The molecule has 0 aromatic heterocycles. The zero-order valence-corrected chi connectivity index (χ0v) is 12.3. The van der Waals surface area contributed by atoms with Gasteiger partial charge in [0.1, 0.15) is 5.75 Å². The molecular weight excluding hydrogens is 318 g/mol. The molecule has 1 saturated heterocycles. The number of phenolic OH excluding ortho intramolecular Hbond substituents is 1. The molecule has 0 amide bonds. The molecule has 1 unspecified atom stereocenters. The number of rotatable bonds is 3. The van der Waals surface area contributed by atoms with Crippen molar-refractivity contribution in [2.45, 2.75) is 25.4 Å². The molecule has 1 aliphatic rings. The van der Waals surface area contributed by atoms with E-state index >= 15 is 0 Å². The van der Waals surface area contributed by atoms with Crippen LogP contribution in [0.3, 0.4) is 0 Å². The molecular formula is C12H16BrNO3S. The maximum Gasteiger partial charge on any atom is 0.151 e. The van der Waals surface area contributed by atoms with Gasteiger partial charge in [-0.3, -0.25) is 0 Å². The van der Waals surface area contributed by atoms with Crippen molar-refractivity contribution in [2.24, 2.45) is 0 Å². The summed E-state index contributed by atoms with van der Waals surface area (Å²) in [5.41, 5.74) is 1.02. The third-order valence-electron chi connectivity index (χ3n) is 3.07. The van der Waals surface area contributed by atoms with E-state index in [0.29, 0.717) is 16.8 Å². The van der Waals surface area contributed by atoms with Crippen molar-refractivity contribution in [2.75, 3.05) is 11.5 Å². The quantitative estimate of drug-likeness (QED) is 0.885. The Labute approximate surface area is 115 Å². The van der Waals surface area contributed by atoms with Crippen LogP contribution in [0.1, 0.15) is 18.4 Å². The summed E-state index contributed by atoms with van der Waals surface area (Å²) in [6.45, 7) is 0.610. The van der Waals surface area contributed by atoms with E-state index < -0.39 is 9.84 Å². The first-order valence-corrected chi connectivity index (χ1v) is 8.49. The van der Waals surface area contributed by atoms with E-state index in [-0.39, 0.29) is 17.5 Å². The van der Waals surface area contributed by atoms with Gasteiger partial charge in [-0.25, -0.2) is 8.42 Å². The molecule has 0 bridgehead atoms. The van der Waals surface area contributed by atoms with Crippen LogP contribution in [-0.2, 0) is 16.4 Å². The van der Waals surface area contributed by atoms with E-state index in [1.165, 1.54) is 0 Å². The van der Waals surface area contributed by atoms with Crippen molar-refractivity contribution >= 4 is 25.8 Å². The highest BCUT2D eigenvalue weighted by atomic mass is 79.9. The molecule has 2 N–H and O–H groups in total. The van der Waals surface area contributed by atoms with Gasteiger partial charge < -0.3 is 10.4 Å². The third kappa shape index (κ3) is 3.70. The Morgan fingerprint density at radius 2 is 2.22 bits per heavy atom. The Bertz CT molecular complexity index is 530. The Kier molecular flexibility index (Phi) is 4.29. The van der Waals surface area contributed by atoms with Crippen molar-refractivity contribution in [1.29, 1.82) is 0 Å². The van der Waals surface area contributed by atoms with Gasteiger partial charge in [0, 0.05) is 12.6 Å². The third-order valence-corrected chi connectivity index (χ3v) is 5.53. The first-order chi connectivity index (χ1) is 8.46. The van der Waals surface area contributed by atoms with Gasteiger partial charge >= 0.3 is 0 Å². The zero-order chi connectivity index (χ0) is 13.2. The number of aromatic hydroxyl groups is 1. The van der Waals surface area contributed by atoms with Crippen LogP contribution >= 0.6 is 15.9 Å². The average Bonchev–Trinajstić information content (AvgIpc) is 2.29. The molecule has 0 aliphatic carbocycles. The number of benzene rings is 1. The number of hydrogen-bond acceptors (Lipinski definition) is 4. The van der Waals surface area contributed by atoms with Gasteiger partial charge in [-0.05, 0) is 46.5 Å². The van der Waals surface area contributed by atoms with E-state index in [9.17, 15) is 13.5 Å². The largest absolute Gasteiger partial charge is 0.507 e. The highest BCUT2D eigenvalue weighted by Crippen LogP contribution is 2.24. The van der Waals surface area contributed by atoms with Crippen molar-refractivity contribution < 1.29 is 13.5 Å². The minimum absolute atomic E-state index is 0.0383. The van der Waals surface area contributed by atoms with Crippen LogP contribution in [0.4, 0.5) is 0 Å². The summed E-state index contributed by atoms with van der Waals surface area (Å²) in [4.78, 5) is 0. The molecule has 0 radical (unpaired) electrons. The van der Waals surface area contributed by atoms with Crippen molar-refractivity contribution in [1.82, 2.24) is 5.32 Å². The maximum absolute atomic E-state index is 11.5. The molecule has 1 aliphatic heterocycles. The first kappa shape index (κ1) is 13.8. The summed E-state index contributed by atoms with van der Waals surface area (Å²) in [7, 11) is -2.86. The Morgan fingerprint density at radius 1 is 1.44 bits per heavy atom. The van der Waals surface area contributed by atoms with Gasteiger partial charge in [0.2, 0.25) is 0 Å². The lowest BCUT2D eigenvalue weighted by Gasteiger charge is -2.23. The summed E-state index contributed by atoms with van der Waals surface area (Å²) in [5, 5.41) is 12.6. The van der Waals surface area contributed by atoms with E-state index in [1.54, 1.807) is 6.07 Å². The molecule has 6 heteroatoms. The van der Waals surface area contributed by atoms with Gasteiger partial charge in [0.15, 0.2) is 9.84 Å². The van der Waals surface area contributed by atoms with Crippen molar-refractivity contribution in [3.63, 3.8) is 0 Å². The van der Waals surface area contributed by atoms with E-state index in [2.05, 4.69) is 21.2 Å². The molecule has 1 aromatic rings. The van der Waals surface area contributed by atoms with Gasteiger partial charge in [-0.2, -0.15) is 0 Å². The molecule has 0 spiro atoms. The standard InChI is InChI=1S/C12H16BrNO3S/c13-11-6-9(3-4-12(11)15)7-14-10-2-1-5-18(16,17)8-10/h3-4,6,10,14-15H,1-2,5,7-8H2. The van der Waals surface area contributed by atoms with Gasteiger partial charge in [0.25, 0.3) is 0 Å². The minimum Gasteiger partial charge on any atom is -0.507 e. The molecule has 2 rings (SSSR count). The van der Waals surface area contributed by atoms with Crippen LogP contribution in [-0.4, -0.2) is 31.1 Å². The second-order valence-electron chi connectivity index (χ2n) is 4.62. The highest BCUT2D eigenvalue weighted by Gasteiger charge is 2.24. The molecule has 1 heterocycles. The van der Waals surface area contributed by atoms with Crippen molar-refractivity contribution in [3.05, 3.63) is 28.2 Å². The van der Waals surface area contributed by atoms with E-state index in [0.717, 1.165) is 18.4 Å². The van der Waals surface area contributed by atoms with Crippen LogP contribution < -0.4 is 5.32 Å². The fraction of sp³-hybridized carbons (Fsp3) is 0.500. The van der Waals surface area contributed by atoms with Crippen LogP contribution in [0.15, 0.2) is 22.7 Å². The Morgan fingerprint density at radius 3 is 2.89 bits per heavy atom. The topological polar surface area (TPSA) is 66.4 Å². The monoisotopic (exact) mass is 333 g/mol. The first-order valence-electron chi connectivity index (χ1n) is 5.87. The normalized spacial score (nSPS) is 22.8. The smallest absolute Gasteiger partial charge is 0.151 e. The van der Waals surface area contributed by atoms with Crippen molar-refractivity contribution in [3.8, 4) is 5.75 Å². The molecule has 1 aromatic carbocycles. The lowest BCUT2D eigenvalue weighted by molar-refractivity contribution is 0.469. The molecule has 100 valence electrons. The second kappa shape index (κ2) is 5.59. The lowest BCUT2D eigenvalue weighted by atomic mass is 10.1. The summed E-state index contributed by atoms with van der Waals surface area (Å²) in [6.07, 6.45) is 1.64. The molecule has 1 atom stereocenters. The van der Waals surface area contributed by atoms with E-state index in [1.807, 2.05) is 12.1 Å². The highest BCUT2D eigenvalue weighted by molar-refractivity contribution is 9.10. The number of halogens is 1. The van der Waals surface area contributed by atoms with Crippen LogP contribution in [0.5, 0.6) is 5.75 Å². The molecule has 1 fully saturated rings. The van der Waals surface area contributed by atoms with Gasteiger partial charge in [-0.1, -0.05) is 6.07 Å².